The number of hydrogen-bond donors (Lipinski definition) is 1. The molecule has 0 fully saturated rings. The Balaban J connectivity index is 2.40. The van der Waals surface area contributed by atoms with Crippen molar-refractivity contribution in [1.82, 2.24) is 10.2 Å². The first-order chi connectivity index (χ1) is 7.93. The smallest absolute Gasteiger partial charge is 0.118 e. The fourth-order valence-corrected chi connectivity index (χ4v) is 2.14. The molecule has 0 atom stereocenters. The highest BCUT2D eigenvalue weighted by molar-refractivity contribution is 5.05. The molecule has 1 aromatic rings. The minimum atomic E-state index is 0.284. The van der Waals surface area contributed by atoms with Crippen LogP contribution in [-0.4, -0.2) is 31.6 Å². The van der Waals surface area contributed by atoms with Crippen molar-refractivity contribution in [2.45, 2.75) is 34.2 Å². The van der Waals surface area contributed by atoms with Crippen molar-refractivity contribution >= 4 is 0 Å². The van der Waals surface area contributed by atoms with Gasteiger partial charge in [-0.05, 0) is 38.1 Å². The number of furan rings is 1. The van der Waals surface area contributed by atoms with Crippen LogP contribution in [0.4, 0.5) is 0 Å². The third-order valence-corrected chi connectivity index (χ3v) is 2.77. The van der Waals surface area contributed by atoms with Gasteiger partial charge in [0, 0.05) is 13.1 Å². The van der Waals surface area contributed by atoms with Crippen LogP contribution in [0.3, 0.4) is 0 Å². The molecule has 1 N–H and O–H groups in total. The summed E-state index contributed by atoms with van der Waals surface area (Å²) in [5, 5.41) is 3.41. The van der Waals surface area contributed by atoms with E-state index in [1.54, 1.807) is 0 Å². The number of nitrogens with zero attached hydrogens (tertiary/aromatic N) is 1. The van der Waals surface area contributed by atoms with E-state index in [0.717, 1.165) is 37.7 Å². The third kappa shape index (κ3) is 5.37. The largest absolute Gasteiger partial charge is 0.465 e. The summed E-state index contributed by atoms with van der Waals surface area (Å²) >= 11 is 0. The topological polar surface area (TPSA) is 28.4 Å². The van der Waals surface area contributed by atoms with Crippen LogP contribution in [0.2, 0.25) is 0 Å². The van der Waals surface area contributed by atoms with E-state index < -0.39 is 0 Å². The van der Waals surface area contributed by atoms with Gasteiger partial charge in [-0.25, -0.2) is 0 Å². The molecule has 0 unspecified atom stereocenters. The first-order valence-corrected chi connectivity index (χ1v) is 6.37. The summed E-state index contributed by atoms with van der Waals surface area (Å²) < 4.78 is 5.59. The zero-order valence-electron chi connectivity index (χ0n) is 11.8. The second kappa shape index (κ2) is 6.22. The van der Waals surface area contributed by atoms with Crippen molar-refractivity contribution in [3.05, 3.63) is 23.7 Å². The van der Waals surface area contributed by atoms with Gasteiger partial charge in [-0.3, -0.25) is 4.90 Å². The molecule has 0 aliphatic heterocycles. The maximum atomic E-state index is 5.59. The highest BCUT2D eigenvalue weighted by atomic mass is 16.3. The standard InChI is InChI=1S/C14H26N2O/c1-6-15-10-14(3,4)11-16(5)9-13-8-7-12(2)17-13/h7-8,15H,6,9-11H2,1-5H3. The maximum Gasteiger partial charge on any atom is 0.118 e. The summed E-state index contributed by atoms with van der Waals surface area (Å²) in [6, 6.07) is 4.08. The molecule has 98 valence electrons. The summed E-state index contributed by atoms with van der Waals surface area (Å²) in [7, 11) is 2.14. The Labute approximate surface area is 105 Å². The quantitative estimate of drug-likeness (QED) is 0.791. The molecule has 0 radical (unpaired) electrons. The van der Waals surface area contributed by atoms with E-state index in [-0.39, 0.29) is 5.41 Å². The summed E-state index contributed by atoms with van der Waals surface area (Å²) in [6.45, 7) is 12.7. The third-order valence-electron chi connectivity index (χ3n) is 2.77. The second-order valence-electron chi connectivity index (χ2n) is 5.63. The van der Waals surface area contributed by atoms with Crippen LogP contribution in [0.1, 0.15) is 32.3 Å². The van der Waals surface area contributed by atoms with Crippen molar-refractivity contribution < 1.29 is 4.42 Å². The predicted octanol–water partition coefficient (Wildman–Crippen LogP) is 2.66. The van der Waals surface area contributed by atoms with Gasteiger partial charge in [-0.1, -0.05) is 20.8 Å². The molecule has 0 spiro atoms. The normalized spacial score (nSPS) is 12.4. The number of rotatable bonds is 7. The fraction of sp³-hybridized carbons (Fsp3) is 0.714. The van der Waals surface area contributed by atoms with Gasteiger partial charge in [0.1, 0.15) is 11.5 Å². The lowest BCUT2D eigenvalue weighted by Crippen LogP contribution is -2.38. The number of hydrogen-bond acceptors (Lipinski definition) is 3. The van der Waals surface area contributed by atoms with Gasteiger partial charge in [0.15, 0.2) is 0 Å². The number of nitrogens with one attached hydrogen (secondary N) is 1. The second-order valence-corrected chi connectivity index (χ2v) is 5.63. The summed E-state index contributed by atoms with van der Waals surface area (Å²) in [6.07, 6.45) is 0. The Kier molecular flexibility index (Phi) is 5.22. The van der Waals surface area contributed by atoms with Crippen molar-refractivity contribution in [2.24, 2.45) is 5.41 Å². The molecular formula is C14H26N2O. The SMILES string of the molecule is CCNCC(C)(C)CN(C)Cc1ccc(C)o1. The van der Waals surface area contributed by atoms with E-state index in [1.165, 1.54) is 0 Å². The molecule has 3 nitrogen and oxygen atoms in total. The van der Waals surface area contributed by atoms with Gasteiger partial charge < -0.3 is 9.73 Å². The molecule has 1 aromatic heterocycles. The molecule has 0 aromatic carbocycles. The zero-order valence-corrected chi connectivity index (χ0v) is 11.8. The summed E-state index contributed by atoms with van der Waals surface area (Å²) in [5.41, 5.74) is 0.284. The van der Waals surface area contributed by atoms with Crippen molar-refractivity contribution in [2.75, 3.05) is 26.7 Å². The Morgan fingerprint density at radius 1 is 1.35 bits per heavy atom. The molecule has 0 bridgehead atoms. The fourth-order valence-electron chi connectivity index (χ4n) is 2.14. The van der Waals surface area contributed by atoms with Crippen molar-refractivity contribution in [3.63, 3.8) is 0 Å². The Morgan fingerprint density at radius 3 is 2.59 bits per heavy atom. The molecule has 1 rings (SSSR count). The van der Waals surface area contributed by atoms with Gasteiger partial charge in [0.05, 0.1) is 6.54 Å². The molecule has 3 heteroatoms. The minimum absolute atomic E-state index is 0.284. The Bertz CT molecular complexity index is 331. The average molecular weight is 238 g/mol. The highest BCUT2D eigenvalue weighted by Crippen LogP contribution is 2.17. The Morgan fingerprint density at radius 2 is 2.06 bits per heavy atom. The van der Waals surface area contributed by atoms with E-state index in [4.69, 9.17) is 4.42 Å². The van der Waals surface area contributed by atoms with Crippen LogP contribution in [0.25, 0.3) is 0 Å². The first kappa shape index (κ1) is 14.3. The van der Waals surface area contributed by atoms with Gasteiger partial charge in [0.2, 0.25) is 0 Å². The average Bonchev–Trinajstić information content (AvgIpc) is 2.60. The molecule has 0 aliphatic carbocycles. The molecule has 1 heterocycles. The van der Waals surface area contributed by atoms with Crippen LogP contribution in [-0.2, 0) is 6.54 Å². The molecule has 0 amide bonds. The minimum Gasteiger partial charge on any atom is -0.465 e. The van der Waals surface area contributed by atoms with Crippen LogP contribution in [0.5, 0.6) is 0 Å². The number of aryl methyl sites for hydroxylation is 1. The lowest BCUT2D eigenvalue weighted by atomic mass is 9.93. The molecule has 0 aliphatic rings. The Hall–Kier alpha value is -0.800. The zero-order chi connectivity index (χ0) is 12.9. The van der Waals surface area contributed by atoms with Crippen LogP contribution < -0.4 is 5.32 Å². The van der Waals surface area contributed by atoms with Gasteiger partial charge in [-0.2, -0.15) is 0 Å². The summed E-state index contributed by atoms with van der Waals surface area (Å²) in [5.74, 6) is 2.03. The summed E-state index contributed by atoms with van der Waals surface area (Å²) in [4.78, 5) is 2.32. The monoisotopic (exact) mass is 238 g/mol. The van der Waals surface area contributed by atoms with E-state index in [2.05, 4.69) is 44.1 Å². The predicted molar refractivity (Wildman–Crippen MR) is 72.1 cm³/mol. The van der Waals surface area contributed by atoms with Crippen LogP contribution >= 0.6 is 0 Å². The maximum absolute atomic E-state index is 5.59. The molecule has 0 saturated heterocycles. The van der Waals surface area contributed by atoms with E-state index in [0.29, 0.717) is 0 Å². The van der Waals surface area contributed by atoms with E-state index in [1.807, 2.05) is 13.0 Å². The highest BCUT2D eigenvalue weighted by Gasteiger charge is 2.19. The lowest BCUT2D eigenvalue weighted by molar-refractivity contribution is 0.188. The van der Waals surface area contributed by atoms with Crippen molar-refractivity contribution in [3.8, 4) is 0 Å². The van der Waals surface area contributed by atoms with E-state index >= 15 is 0 Å². The van der Waals surface area contributed by atoms with Crippen LogP contribution in [0, 0.1) is 12.3 Å². The lowest BCUT2D eigenvalue weighted by Gasteiger charge is -2.30. The van der Waals surface area contributed by atoms with Crippen LogP contribution in [0.15, 0.2) is 16.5 Å². The van der Waals surface area contributed by atoms with Crippen molar-refractivity contribution in [1.29, 1.82) is 0 Å². The molecular weight excluding hydrogens is 212 g/mol. The van der Waals surface area contributed by atoms with E-state index in [9.17, 15) is 0 Å². The first-order valence-electron chi connectivity index (χ1n) is 6.37. The van der Waals surface area contributed by atoms with Gasteiger partial charge >= 0.3 is 0 Å². The molecule has 17 heavy (non-hydrogen) atoms. The van der Waals surface area contributed by atoms with Gasteiger partial charge in [-0.15, -0.1) is 0 Å². The molecule has 0 saturated carbocycles. The van der Waals surface area contributed by atoms with Gasteiger partial charge in [0.25, 0.3) is 0 Å².